The molecule has 144 valence electrons. The van der Waals surface area contributed by atoms with Crippen molar-refractivity contribution in [2.75, 3.05) is 6.54 Å². The summed E-state index contributed by atoms with van der Waals surface area (Å²) < 4.78 is 6.64. The number of carbonyl (C=O) groups excluding carboxylic acids is 1. The Balaban J connectivity index is 1.21. The second-order valence-corrected chi connectivity index (χ2v) is 9.16. The number of amides is 1. The Bertz CT molecular complexity index is 583. The number of carbonyl (C=O) groups is 2. The Kier molecular flexibility index (Phi) is 3.85. The first-order valence-corrected chi connectivity index (χ1v) is 10.1. The molecule has 5 aliphatic carbocycles. The fraction of sp³-hybridized carbons (Fsp3) is 0.895. The minimum Gasteiger partial charge on any atom is -0.474 e. The van der Waals surface area contributed by atoms with E-state index in [-0.39, 0.29) is 5.92 Å². The van der Waals surface area contributed by atoms with E-state index in [0.717, 1.165) is 37.5 Å². The van der Waals surface area contributed by atoms with Gasteiger partial charge in [0.25, 0.3) is 0 Å². The SMILES string of the molecule is O=C(O)C(=O)NCC1CCC2(CC1)OOC1(O2)C2CC3CC(C2)CC1C3. The zero-order valence-corrected chi connectivity index (χ0v) is 14.9. The van der Waals surface area contributed by atoms with Crippen LogP contribution in [0.15, 0.2) is 0 Å². The maximum absolute atomic E-state index is 11.2. The highest BCUT2D eigenvalue weighted by Gasteiger charge is 2.66. The van der Waals surface area contributed by atoms with Gasteiger partial charge < -0.3 is 15.2 Å². The lowest BCUT2D eigenvalue weighted by Gasteiger charge is -2.57. The summed E-state index contributed by atoms with van der Waals surface area (Å²) in [5.41, 5.74) is 0. The standard InChI is InChI=1S/C19H27NO6/c21-16(17(22)23)20-10-11-1-3-18(4-2-11)24-19(26-25-18)14-6-12-5-13(8-14)9-15(19)7-12/h11-15H,1-10H2,(H,20,21)(H,22,23). The molecule has 6 fully saturated rings. The monoisotopic (exact) mass is 365 g/mol. The molecule has 0 atom stereocenters. The zero-order valence-electron chi connectivity index (χ0n) is 14.9. The Morgan fingerprint density at radius 3 is 2.15 bits per heavy atom. The van der Waals surface area contributed by atoms with Crippen molar-refractivity contribution in [3.63, 3.8) is 0 Å². The molecular weight excluding hydrogens is 338 g/mol. The minimum absolute atomic E-state index is 0.256. The highest BCUT2D eigenvalue weighted by molar-refractivity contribution is 6.31. The van der Waals surface area contributed by atoms with Crippen molar-refractivity contribution in [1.29, 1.82) is 0 Å². The van der Waals surface area contributed by atoms with Crippen LogP contribution in [0.25, 0.3) is 0 Å². The maximum Gasteiger partial charge on any atom is 0.394 e. The van der Waals surface area contributed by atoms with E-state index in [1.165, 1.54) is 32.1 Å². The fourth-order valence-electron chi connectivity index (χ4n) is 6.43. The van der Waals surface area contributed by atoms with Crippen molar-refractivity contribution in [2.24, 2.45) is 29.6 Å². The number of carboxylic acids is 1. The van der Waals surface area contributed by atoms with Crippen LogP contribution >= 0.6 is 0 Å². The van der Waals surface area contributed by atoms with Gasteiger partial charge in [-0.1, -0.05) is 0 Å². The van der Waals surface area contributed by atoms with E-state index in [1.807, 2.05) is 0 Å². The lowest BCUT2D eigenvalue weighted by Crippen LogP contribution is -2.59. The molecule has 1 amide bonds. The molecule has 0 aromatic heterocycles. The minimum atomic E-state index is -1.43. The highest BCUT2D eigenvalue weighted by atomic mass is 17.3. The largest absolute Gasteiger partial charge is 0.474 e. The number of ether oxygens (including phenoxy) is 1. The third-order valence-electron chi connectivity index (χ3n) is 7.56. The van der Waals surface area contributed by atoms with Crippen molar-refractivity contribution >= 4 is 11.9 Å². The second-order valence-electron chi connectivity index (χ2n) is 9.16. The summed E-state index contributed by atoms with van der Waals surface area (Å²) in [6.07, 6.45) is 9.33. The summed E-state index contributed by atoms with van der Waals surface area (Å²) in [6.45, 7) is 0.391. The molecule has 0 aromatic rings. The van der Waals surface area contributed by atoms with Crippen molar-refractivity contribution in [3.05, 3.63) is 0 Å². The predicted molar refractivity (Wildman–Crippen MR) is 88.4 cm³/mol. The number of hydrogen-bond acceptors (Lipinski definition) is 5. The molecule has 7 heteroatoms. The van der Waals surface area contributed by atoms with Crippen LogP contribution in [0.2, 0.25) is 0 Å². The summed E-state index contributed by atoms with van der Waals surface area (Å²) in [4.78, 5) is 33.7. The topological polar surface area (TPSA) is 94.1 Å². The van der Waals surface area contributed by atoms with Gasteiger partial charge in [-0.3, -0.25) is 4.79 Å². The molecule has 0 aromatic carbocycles. The van der Waals surface area contributed by atoms with Gasteiger partial charge in [-0.2, -0.15) is 9.78 Å². The van der Waals surface area contributed by atoms with E-state index in [9.17, 15) is 9.59 Å². The first kappa shape index (κ1) is 17.0. The first-order chi connectivity index (χ1) is 12.5. The van der Waals surface area contributed by atoms with E-state index < -0.39 is 23.5 Å². The van der Waals surface area contributed by atoms with Gasteiger partial charge in [-0.25, -0.2) is 4.79 Å². The average molecular weight is 365 g/mol. The number of carboxylic acid groups (broad SMARTS) is 1. The van der Waals surface area contributed by atoms with Gasteiger partial charge in [-0.15, -0.1) is 0 Å². The van der Waals surface area contributed by atoms with Gasteiger partial charge in [0, 0.05) is 31.2 Å². The van der Waals surface area contributed by atoms with Crippen LogP contribution < -0.4 is 5.32 Å². The van der Waals surface area contributed by atoms with Crippen LogP contribution in [-0.2, 0) is 24.1 Å². The molecule has 1 aliphatic heterocycles. The molecule has 26 heavy (non-hydrogen) atoms. The molecule has 4 bridgehead atoms. The van der Waals surface area contributed by atoms with Crippen molar-refractivity contribution in [2.45, 2.75) is 69.4 Å². The van der Waals surface area contributed by atoms with E-state index >= 15 is 0 Å². The first-order valence-electron chi connectivity index (χ1n) is 10.1. The lowest BCUT2D eigenvalue weighted by atomic mass is 9.53. The summed E-state index contributed by atoms with van der Waals surface area (Å²) >= 11 is 0. The molecule has 6 aliphatic rings. The number of nitrogens with one attached hydrogen (secondary N) is 1. The van der Waals surface area contributed by atoms with E-state index in [2.05, 4.69) is 5.32 Å². The van der Waals surface area contributed by atoms with Crippen molar-refractivity contribution in [3.8, 4) is 0 Å². The third-order valence-corrected chi connectivity index (χ3v) is 7.56. The molecule has 7 nitrogen and oxygen atoms in total. The quantitative estimate of drug-likeness (QED) is 0.576. The number of hydrogen-bond donors (Lipinski definition) is 2. The van der Waals surface area contributed by atoms with E-state index in [0.29, 0.717) is 18.4 Å². The van der Waals surface area contributed by atoms with Crippen LogP contribution in [0.4, 0.5) is 0 Å². The predicted octanol–water partition coefficient (Wildman–Crippen LogP) is 2.20. The third kappa shape index (κ3) is 2.59. The fourth-order valence-corrected chi connectivity index (χ4v) is 6.43. The van der Waals surface area contributed by atoms with E-state index in [4.69, 9.17) is 19.6 Å². The second kappa shape index (κ2) is 5.91. The molecule has 2 N–H and O–H groups in total. The van der Waals surface area contributed by atoms with Crippen molar-refractivity contribution in [1.82, 2.24) is 5.32 Å². The van der Waals surface area contributed by atoms with Gasteiger partial charge in [-0.05, 0) is 62.7 Å². The van der Waals surface area contributed by atoms with Crippen molar-refractivity contribution < 1.29 is 29.2 Å². The summed E-state index contributed by atoms with van der Waals surface area (Å²) in [5.74, 6) is -0.671. The van der Waals surface area contributed by atoms with E-state index in [1.54, 1.807) is 0 Å². The Morgan fingerprint density at radius 1 is 0.962 bits per heavy atom. The van der Waals surface area contributed by atoms with Gasteiger partial charge >= 0.3 is 11.9 Å². The Labute approximate surface area is 152 Å². The Morgan fingerprint density at radius 2 is 1.58 bits per heavy atom. The van der Waals surface area contributed by atoms with Crippen LogP contribution in [0.3, 0.4) is 0 Å². The average Bonchev–Trinajstić information content (AvgIpc) is 2.99. The summed E-state index contributed by atoms with van der Waals surface area (Å²) in [6, 6.07) is 0. The molecule has 0 radical (unpaired) electrons. The van der Waals surface area contributed by atoms with Gasteiger partial charge in [0.15, 0.2) is 0 Å². The zero-order chi connectivity index (χ0) is 17.9. The molecule has 1 saturated heterocycles. The molecule has 0 unspecified atom stereocenters. The molecule has 2 spiro atoms. The molecular formula is C19H27NO6. The normalized spacial score (nSPS) is 49.0. The Hall–Kier alpha value is -1.18. The van der Waals surface area contributed by atoms with Crippen LogP contribution in [0.5, 0.6) is 0 Å². The van der Waals surface area contributed by atoms with Gasteiger partial charge in [0.1, 0.15) is 0 Å². The molecule has 5 saturated carbocycles. The van der Waals surface area contributed by atoms with Gasteiger partial charge in [0.2, 0.25) is 11.6 Å². The summed E-state index contributed by atoms with van der Waals surface area (Å²) in [7, 11) is 0. The lowest BCUT2D eigenvalue weighted by molar-refractivity contribution is -0.390. The number of aliphatic carboxylic acids is 1. The number of rotatable bonds is 2. The maximum atomic E-state index is 11.2. The van der Waals surface area contributed by atoms with Crippen LogP contribution in [0, 0.1) is 29.6 Å². The van der Waals surface area contributed by atoms with Crippen LogP contribution in [-0.4, -0.2) is 35.1 Å². The molecule has 1 heterocycles. The smallest absolute Gasteiger partial charge is 0.394 e. The summed E-state index contributed by atoms with van der Waals surface area (Å²) in [5, 5.41) is 11.1. The van der Waals surface area contributed by atoms with Gasteiger partial charge in [0.05, 0.1) is 0 Å². The van der Waals surface area contributed by atoms with Crippen LogP contribution in [0.1, 0.15) is 57.8 Å². The molecule has 6 rings (SSSR count). The highest BCUT2D eigenvalue weighted by Crippen LogP contribution is 2.63.